The van der Waals surface area contributed by atoms with Gasteiger partial charge in [-0.25, -0.2) is 0 Å². The summed E-state index contributed by atoms with van der Waals surface area (Å²) in [6, 6.07) is 10.3. The Morgan fingerprint density at radius 2 is 1.90 bits per heavy atom. The maximum Gasteiger partial charge on any atom is 0.416 e. The topological polar surface area (TPSA) is 102 Å². The number of hydrogen-bond donors (Lipinski definition) is 2. The first-order chi connectivity index (χ1) is 13.7. The van der Waals surface area contributed by atoms with E-state index in [9.17, 15) is 28.1 Å². The molecule has 150 valence electrons. The Bertz CT molecular complexity index is 1020. The van der Waals surface area contributed by atoms with Gasteiger partial charge in [-0.05, 0) is 35.9 Å². The van der Waals surface area contributed by atoms with Crippen molar-refractivity contribution in [2.24, 2.45) is 0 Å². The number of anilines is 1. The highest BCUT2D eigenvalue weighted by atomic mass is 19.4. The summed E-state index contributed by atoms with van der Waals surface area (Å²) in [7, 11) is 0. The fraction of sp³-hybridized carbons (Fsp3) is 0.111. The zero-order valence-electron chi connectivity index (χ0n) is 14.7. The maximum atomic E-state index is 12.7. The van der Waals surface area contributed by atoms with Gasteiger partial charge in [0.25, 0.3) is 11.6 Å². The molecular formula is C18H14F3N5O3. The van der Waals surface area contributed by atoms with Gasteiger partial charge in [0.15, 0.2) is 0 Å². The van der Waals surface area contributed by atoms with Crippen LogP contribution in [0, 0.1) is 10.1 Å². The van der Waals surface area contributed by atoms with Crippen LogP contribution < -0.4 is 10.9 Å². The summed E-state index contributed by atoms with van der Waals surface area (Å²) in [5.74, 6) is -0.607. The predicted molar refractivity (Wildman–Crippen MR) is 97.0 cm³/mol. The third-order valence-corrected chi connectivity index (χ3v) is 3.95. The summed E-state index contributed by atoms with van der Waals surface area (Å²) in [6.45, 7) is 0.519. The molecule has 0 saturated heterocycles. The molecule has 8 nitrogen and oxygen atoms in total. The molecule has 0 aliphatic heterocycles. The molecule has 2 N–H and O–H groups in total. The van der Waals surface area contributed by atoms with E-state index in [0.29, 0.717) is 18.7 Å². The predicted octanol–water partition coefficient (Wildman–Crippen LogP) is 3.62. The Labute approximate surface area is 162 Å². The first-order valence-electron chi connectivity index (χ1n) is 8.22. The lowest BCUT2D eigenvalue weighted by atomic mass is 10.1. The number of aromatic nitrogens is 2. The fourth-order valence-electron chi connectivity index (χ4n) is 2.50. The average Bonchev–Trinajstić information content (AvgIpc) is 3.18. The minimum atomic E-state index is -4.72. The Balaban J connectivity index is 1.68. The zero-order valence-corrected chi connectivity index (χ0v) is 14.7. The van der Waals surface area contributed by atoms with Crippen LogP contribution in [0.5, 0.6) is 0 Å². The molecule has 0 unspecified atom stereocenters. The minimum absolute atomic E-state index is 0.260. The van der Waals surface area contributed by atoms with Crippen LogP contribution in [-0.2, 0) is 12.7 Å². The molecule has 0 saturated carbocycles. The second-order valence-corrected chi connectivity index (χ2v) is 5.97. The quantitative estimate of drug-likeness (QED) is 0.482. The molecule has 1 heterocycles. The number of rotatable bonds is 6. The van der Waals surface area contributed by atoms with E-state index in [-0.39, 0.29) is 11.3 Å². The van der Waals surface area contributed by atoms with E-state index < -0.39 is 28.3 Å². The number of nitrogens with one attached hydrogen (secondary N) is 2. The highest BCUT2D eigenvalue weighted by Crippen LogP contribution is 2.34. The van der Waals surface area contributed by atoms with E-state index in [1.54, 1.807) is 47.4 Å². The van der Waals surface area contributed by atoms with Crippen molar-refractivity contribution in [1.29, 1.82) is 0 Å². The Hall–Kier alpha value is -3.89. The first-order valence-corrected chi connectivity index (χ1v) is 8.22. The number of nitro benzene ring substituents is 1. The molecule has 29 heavy (non-hydrogen) atoms. The number of hydrazine groups is 1. The van der Waals surface area contributed by atoms with Crippen LogP contribution in [0.3, 0.4) is 0 Å². The van der Waals surface area contributed by atoms with E-state index in [1.807, 2.05) is 0 Å². The van der Waals surface area contributed by atoms with Crippen LogP contribution in [0.2, 0.25) is 0 Å². The van der Waals surface area contributed by atoms with Gasteiger partial charge in [0.2, 0.25) is 0 Å². The molecule has 0 radical (unpaired) electrons. The number of amides is 1. The van der Waals surface area contributed by atoms with Gasteiger partial charge in [0.05, 0.1) is 17.0 Å². The standard InChI is InChI=1S/C18H14F3N5O3/c19-18(20,21)14-6-7-15(16(10-14)26(28)29)23-24-17(27)13-4-2-12(3-5-13)11-25-9-1-8-22-25/h1-10,23H,11H2,(H,24,27). The second-order valence-electron chi connectivity index (χ2n) is 5.97. The first kappa shape index (κ1) is 19.9. The molecule has 1 amide bonds. The molecule has 0 atom stereocenters. The van der Waals surface area contributed by atoms with Crippen molar-refractivity contribution >= 4 is 17.3 Å². The molecule has 0 aliphatic rings. The summed E-state index contributed by atoms with van der Waals surface area (Å²) in [4.78, 5) is 22.3. The van der Waals surface area contributed by atoms with Crippen LogP contribution in [0.1, 0.15) is 21.5 Å². The van der Waals surface area contributed by atoms with Crippen molar-refractivity contribution in [3.05, 3.63) is 87.7 Å². The second kappa shape index (κ2) is 8.00. The molecule has 0 aliphatic carbocycles. The molecule has 3 aromatic rings. The third-order valence-electron chi connectivity index (χ3n) is 3.95. The summed E-state index contributed by atoms with van der Waals surface area (Å²) in [6.07, 6.45) is -1.28. The van der Waals surface area contributed by atoms with Gasteiger partial charge in [0, 0.05) is 24.0 Å². The average molecular weight is 405 g/mol. The van der Waals surface area contributed by atoms with Crippen molar-refractivity contribution in [3.8, 4) is 0 Å². The van der Waals surface area contributed by atoms with Gasteiger partial charge in [-0.1, -0.05) is 12.1 Å². The SMILES string of the molecule is O=C(NNc1ccc(C(F)(F)F)cc1[N+](=O)[O-])c1ccc(Cn2cccn2)cc1. The lowest BCUT2D eigenvalue weighted by molar-refractivity contribution is -0.384. The molecule has 0 bridgehead atoms. The monoisotopic (exact) mass is 405 g/mol. The normalized spacial score (nSPS) is 11.1. The number of carbonyl (C=O) groups excluding carboxylic acids is 1. The van der Waals surface area contributed by atoms with Gasteiger partial charge >= 0.3 is 6.18 Å². The Morgan fingerprint density at radius 1 is 1.17 bits per heavy atom. The minimum Gasteiger partial charge on any atom is -0.292 e. The van der Waals surface area contributed by atoms with Gasteiger partial charge in [-0.3, -0.25) is 30.4 Å². The van der Waals surface area contributed by atoms with E-state index in [0.717, 1.165) is 11.6 Å². The highest BCUT2D eigenvalue weighted by Gasteiger charge is 2.33. The number of hydrogen-bond acceptors (Lipinski definition) is 5. The molecule has 0 fully saturated rings. The van der Waals surface area contributed by atoms with Crippen LogP contribution in [0.25, 0.3) is 0 Å². The summed E-state index contributed by atoms with van der Waals surface area (Å²) in [5, 5.41) is 15.1. The molecular weight excluding hydrogens is 391 g/mol. The Kier molecular flexibility index (Phi) is 5.48. The fourth-order valence-corrected chi connectivity index (χ4v) is 2.50. The Morgan fingerprint density at radius 3 is 2.48 bits per heavy atom. The van der Waals surface area contributed by atoms with E-state index in [1.165, 1.54) is 0 Å². The van der Waals surface area contributed by atoms with Crippen LogP contribution in [0.4, 0.5) is 24.5 Å². The lowest BCUT2D eigenvalue weighted by Gasteiger charge is -2.11. The molecule has 0 spiro atoms. The van der Waals surface area contributed by atoms with Crippen LogP contribution >= 0.6 is 0 Å². The number of benzene rings is 2. The number of carbonyl (C=O) groups is 1. The third kappa shape index (κ3) is 4.89. The van der Waals surface area contributed by atoms with Crippen LogP contribution in [-0.4, -0.2) is 20.6 Å². The zero-order chi connectivity index (χ0) is 21.0. The number of nitro groups is 1. The molecule has 3 rings (SSSR count). The lowest BCUT2D eigenvalue weighted by Crippen LogP contribution is -2.29. The van der Waals surface area contributed by atoms with E-state index in [2.05, 4.69) is 16.0 Å². The van der Waals surface area contributed by atoms with Crippen molar-refractivity contribution in [1.82, 2.24) is 15.2 Å². The number of nitrogens with zero attached hydrogens (tertiary/aromatic N) is 3. The van der Waals surface area contributed by atoms with Gasteiger partial charge in [0.1, 0.15) is 5.69 Å². The van der Waals surface area contributed by atoms with E-state index >= 15 is 0 Å². The van der Waals surface area contributed by atoms with Gasteiger partial charge < -0.3 is 0 Å². The number of alkyl halides is 3. The van der Waals surface area contributed by atoms with Crippen LogP contribution in [0.15, 0.2) is 60.9 Å². The molecule has 1 aromatic heterocycles. The van der Waals surface area contributed by atoms with Gasteiger partial charge in [-0.2, -0.15) is 18.3 Å². The maximum absolute atomic E-state index is 12.7. The molecule has 11 heteroatoms. The van der Waals surface area contributed by atoms with Crippen molar-refractivity contribution in [2.75, 3.05) is 5.43 Å². The summed E-state index contributed by atoms with van der Waals surface area (Å²) < 4.78 is 39.9. The van der Waals surface area contributed by atoms with E-state index in [4.69, 9.17) is 0 Å². The molecule has 2 aromatic carbocycles. The summed E-state index contributed by atoms with van der Waals surface area (Å²) in [5.41, 5.74) is 3.46. The highest BCUT2D eigenvalue weighted by molar-refractivity contribution is 5.95. The number of halogens is 3. The summed E-state index contributed by atoms with van der Waals surface area (Å²) >= 11 is 0. The van der Waals surface area contributed by atoms with Crippen molar-refractivity contribution < 1.29 is 22.9 Å². The van der Waals surface area contributed by atoms with Crippen molar-refractivity contribution in [2.45, 2.75) is 12.7 Å². The van der Waals surface area contributed by atoms with Crippen molar-refractivity contribution in [3.63, 3.8) is 0 Å². The largest absolute Gasteiger partial charge is 0.416 e. The van der Waals surface area contributed by atoms with Gasteiger partial charge in [-0.15, -0.1) is 0 Å². The smallest absolute Gasteiger partial charge is 0.292 e.